The Morgan fingerprint density at radius 2 is 1.70 bits per heavy atom. The number of hydrogen-bond donors (Lipinski definition) is 1. The first-order chi connectivity index (χ1) is 14.6. The number of ether oxygens (including phenoxy) is 2. The minimum atomic E-state index is -0.145. The van der Waals surface area contributed by atoms with E-state index in [1.165, 1.54) is 0 Å². The molecule has 0 atom stereocenters. The molecule has 1 heterocycles. The Bertz CT molecular complexity index is 804. The lowest BCUT2D eigenvalue weighted by Crippen LogP contribution is -2.46. The summed E-state index contributed by atoms with van der Waals surface area (Å²) >= 11 is 0. The van der Waals surface area contributed by atoms with Crippen LogP contribution in [0.4, 0.5) is 16.2 Å². The maximum Gasteiger partial charge on any atom is 0.321 e. The van der Waals surface area contributed by atoms with E-state index in [9.17, 15) is 4.79 Å². The molecule has 1 aliphatic rings. The number of para-hydroxylation sites is 2. The minimum Gasteiger partial charge on any atom is -0.497 e. The van der Waals surface area contributed by atoms with Crippen molar-refractivity contribution in [3.63, 3.8) is 0 Å². The quantitative estimate of drug-likeness (QED) is 0.720. The van der Waals surface area contributed by atoms with Crippen molar-refractivity contribution in [3.05, 3.63) is 48.5 Å². The summed E-state index contributed by atoms with van der Waals surface area (Å²) in [4.78, 5) is 19.1. The van der Waals surface area contributed by atoms with E-state index in [0.717, 1.165) is 55.6 Å². The average Bonchev–Trinajstić information content (AvgIpc) is 2.80. The number of amides is 2. The maximum absolute atomic E-state index is 12.7. The standard InChI is InChI=1S/C23H32N4O3/c1-4-26-13-15-27(16-14-26)22-8-6-5-7-21(22)24-23(28)25(2)17-18-30-20-11-9-19(29-3)10-12-20/h5-12H,4,13-18H2,1-3H3,(H,24,28). The summed E-state index contributed by atoms with van der Waals surface area (Å²) < 4.78 is 10.9. The summed E-state index contributed by atoms with van der Waals surface area (Å²) in [5.41, 5.74) is 1.92. The van der Waals surface area contributed by atoms with Gasteiger partial charge < -0.3 is 29.5 Å². The first-order valence-electron chi connectivity index (χ1n) is 10.5. The van der Waals surface area contributed by atoms with Gasteiger partial charge in [0.25, 0.3) is 0 Å². The molecule has 2 aromatic rings. The fraction of sp³-hybridized carbons (Fsp3) is 0.435. The van der Waals surface area contributed by atoms with Gasteiger partial charge in [-0.1, -0.05) is 19.1 Å². The summed E-state index contributed by atoms with van der Waals surface area (Å²) in [5, 5.41) is 3.06. The van der Waals surface area contributed by atoms with E-state index >= 15 is 0 Å². The molecule has 0 bridgehead atoms. The summed E-state index contributed by atoms with van der Waals surface area (Å²) in [6.07, 6.45) is 0. The van der Waals surface area contributed by atoms with Crippen LogP contribution in [0.1, 0.15) is 6.92 Å². The van der Waals surface area contributed by atoms with Crippen LogP contribution >= 0.6 is 0 Å². The molecule has 0 spiro atoms. The Labute approximate surface area is 179 Å². The van der Waals surface area contributed by atoms with Crippen molar-refractivity contribution in [2.75, 3.05) is 70.2 Å². The molecule has 0 aliphatic carbocycles. The average molecular weight is 413 g/mol. The van der Waals surface area contributed by atoms with Crippen molar-refractivity contribution in [1.29, 1.82) is 0 Å². The summed E-state index contributed by atoms with van der Waals surface area (Å²) in [6, 6.07) is 15.3. The number of nitrogens with zero attached hydrogens (tertiary/aromatic N) is 3. The third kappa shape index (κ3) is 5.79. The highest BCUT2D eigenvalue weighted by Crippen LogP contribution is 2.27. The van der Waals surface area contributed by atoms with Crippen molar-refractivity contribution in [3.8, 4) is 11.5 Å². The Balaban J connectivity index is 1.51. The van der Waals surface area contributed by atoms with Gasteiger partial charge in [0.15, 0.2) is 0 Å². The number of piperazine rings is 1. The molecule has 1 fully saturated rings. The second-order valence-corrected chi connectivity index (χ2v) is 7.31. The number of likely N-dealkylation sites (N-methyl/N-ethyl adjacent to an activating group) is 2. The van der Waals surface area contributed by atoms with Gasteiger partial charge in [-0.25, -0.2) is 4.79 Å². The smallest absolute Gasteiger partial charge is 0.321 e. The fourth-order valence-corrected chi connectivity index (χ4v) is 3.44. The van der Waals surface area contributed by atoms with Gasteiger partial charge >= 0.3 is 6.03 Å². The predicted octanol–water partition coefficient (Wildman–Crippen LogP) is 3.38. The third-order valence-electron chi connectivity index (χ3n) is 5.41. The topological polar surface area (TPSA) is 57.3 Å². The van der Waals surface area contributed by atoms with Gasteiger partial charge in [0.2, 0.25) is 0 Å². The van der Waals surface area contributed by atoms with Gasteiger partial charge in [-0.05, 0) is 42.9 Å². The van der Waals surface area contributed by atoms with Crippen molar-refractivity contribution in [1.82, 2.24) is 9.80 Å². The number of nitrogens with one attached hydrogen (secondary N) is 1. The van der Waals surface area contributed by atoms with Crippen LogP contribution in [0, 0.1) is 0 Å². The lowest BCUT2D eigenvalue weighted by Gasteiger charge is -2.36. The van der Waals surface area contributed by atoms with Crippen molar-refractivity contribution in [2.45, 2.75) is 6.92 Å². The van der Waals surface area contributed by atoms with Gasteiger partial charge in [0.05, 0.1) is 25.0 Å². The minimum absolute atomic E-state index is 0.145. The van der Waals surface area contributed by atoms with Crippen LogP contribution in [0.15, 0.2) is 48.5 Å². The molecule has 7 nitrogen and oxygen atoms in total. The van der Waals surface area contributed by atoms with E-state index in [2.05, 4.69) is 28.1 Å². The molecule has 30 heavy (non-hydrogen) atoms. The highest BCUT2D eigenvalue weighted by molar-refractivity contribution is 5.93. The first-order valence-corrected chi connectivity index (χ1v) is 10.5. The molecular weight excluding hydrogens is 380 g/mol. The molecule has 1 N–H and O–H groups in total. The molecular formula is C23H32N4O3. The number of methoxy groups -OCH3 is 1. The van der Waals surface area contributed by atoms with Crippen molar-refractivity contribution < 1.29 is 14.3 Å². The molecule has 3 rings (SSSR count). The molecule has 2 amide bonds. The molecule has 0 radical (unpaired) electrons. The van der Waals surface area contributed by atoms with E-state index in [4.69, 9.17) is 9.47 Å². The number of rotatable bonds is 8. The van der Waals surface area contributed by atoms with Gasteiger partial charge in [-0.2, -0.15) is 0 Å². The van der Waals surface area contributed by atoms with Crippen LogP contribution in [0.3, 0.4) is 0 Å². The summed E-state index contributed by atoms with van der Waals surface area (Å²) in [7, 11) is 3.40. The molecule has 162 valence electrons. The molecule has 7 heteroatoms. The zero-order chi connectivity index (χ0) is 21.3. The van der Waals surface area contributed by atoms with E-state index < -0.39 is 0 Å². The van der Waals surface area contributed by atoms with Gasteiger partial charge in [0.1, 0.15) is 18.1 Å². The van der Waals surface area contributed by atoms with E-state index in [1.807, 2.05) is 42.5 Å². The highest BCUT2D eigenvalue weighted by atomic mass is 16.5. The van der Waals surface area contributed by atoms with Crippen LogP contribution < -0.4 is 19.7 Å². The van der Waals surface area contributed by atoms with Crippen molar-refractivity contribution in [2.24, 2.45) is 0 Å². The van der Waals surface area contributed by atoms with Crippen molar-refractivity contribution >= 4 is 17.4 Å². The number of benzene rings is 2. The van der Waals surface area contributed by atoms with Crippen LogP contribution in [-0.4, -0.2) is 75.9 Å². The Morgan fingerprint density at radius 3 is 2.37 bits per heavy atom. The summed E-state index contributed by atoms with van der Waals surface area (Å²) in [6.45, 7) is 8.18. The van der Waals surface area contributed by atoms with Crippen LogP contribution in [-0.2, 0) is 0 Å². The number of hydrogen-bond acceptors (Lipinski definition) is 5. The Hall–Kier alpha value is -2.93. The number of carbonyl (C=O) groups excluding carboxylic acids is 1. The number of anilines is 2. The lowest BCUT2D eigenvalue weighted by molar-refractivity contribution is 0.207. The molecule has 1 saturated heterocycles. The van der Waals surface area contributed by atoms with Crippen LogP contribution in [0.5, 0.6) is 11.5 Å². The van der Waals surface area contributed by atoms with Gasteiger partial charge in [-0.15, -0.1) is 0 Å². The first kappa shape index (κ1) is 21.8. The maximum atomic E-state index is 12.7. The largest absolute Gasteiger partial charge is 0.497 e. The van der Waals surface area contributed by atoms with Gasteiger partial charge in [0, 0.05) is 33.2 Å². The van der Waals surface area contributed by atoms with Crippen LogP contribution in [0.2, 0.25) is 0 Å². The fourth-order valence-electron chi connectivity index (χ4n) is 3.44. The second kappa shape index (κ2) is 10.7. The van der Waals surface area contributed by atoms with Gasteiger partial charge in [-0.3, -0.25) is 0 Å². The summed E-state index contributed by atoms with van der Waals surface area (Å²) in [5.74, 6) is 1.54. The normalized spacial score (nSPS) is 14.3. The molecule has 0 saturated carbocycles. The Kier molecular flexibility index (Phi) is 7.79. The number of carbonyl (C=O) groups is 1. The van der Waals surface area contributed by atoms with E-state index in [1.54, 1.807) is 19.1 Å². The zero-order valence-corrected chi connectivity index (χ0v) is 18.1. The number of urea groups is 1. The van der Waals surface area contributed by atoms with E-state index in [-0.39, 0.29) is 6.03 Å². The molecule has 0 unspecified atom stereocenters. The zero-order valence-electron chi connectivity index (χ0n) is 18.1. The predicted molar refractivity (Wildman–Crippen MR) is 121 cm³/mol. The van der Waals surface area contributed by atoms with Crippen LogP contribution in [0.25, 0.3) is 0 Å². The molecule has 2 aromatic carbocycles. The molecule has 0 aromatic heterocycles. The lowest BCUT2D eigenvalue weighted by atomic mass is 10.2. The van der Waals surface area contributed by atoms with E-state index in [0.29, 0.717) is 13.2 Å². The second-order valence-electron chi connectivity index (χ2n) is 7.31. The monoisotopic (exact) mass is 412 g/mol. The Morgan fingerprint density at radius 1 is 1.03 bits per heavy atom. The molecule has 1 aliphatic heterocycles. The SMILES string of the molecule is CCN1CCN(c2ccccc2NC(=O)N(C)CCOc2ccc(OC)cc2)CC1. The third-order valence-corrected chi connectivity index (χ3v) is 5.41. The highest BCUT2D eigenvalue weighted by Gasteiger charge is 2.19.